The number of hydrogen-bond acceptors (Lipinski definition) is 5. The number of benzene rings is 2. The van der Waals surface area contributed by atoms with E-state index in [1.807, 2.05) is 18.2 Å². The van der Waals surface area contributed by atoms with Crippen molar-refractivity contribution in [1.29, 1.82) is 0 Å². The van der Waals surface area contributed by atoms with Crippen LogP contribution in [0.5, 0.6) is 17.2 Å². The van der Waals surface area contributed by atoms with E-state index in [9.17, 15) is 4.79 Å². The molecule has 1 aromatic heterocycles. The Kier molecular flexibility index (Phi) is 4.81. The van der Waals surface area contributed by atoms with Gasteiger partial charge in [0.05, 0.1) is 32.4 Å². The Bertz CT molecular complexity index is 1000. The van der Waals surface area contributed by atoms with Crippen molar-refractivity contribution in [2.75, 3.05) is 26.6 Å². The first-order valence-corrected chi connectivity index (χ1v) is 9.19. The molecular weight excluding hydrogens is 358 g/mol. The van der Waals surface area contributed by atoms with Gasteiger partial charge in [-0.2, -0.15) is 0 Å². The van der Waals surface area contributed by atoms with E-state index in [1.54, 1.807) is 33.5 Å². The molecule has 3 aromatic rings. The van der Waals surface area contributed by atoms with Gasteiger partial charge in [0, 0.05) is 36.7 Å². The van der Waals surface area contributed by atoms with Crippen molar-refractivity contribution in [3.05, 3.63) is 42.2 Å². The number of rotatable bonds is 5. The Hall–Kier alpha value is -3.22. The number of methoxy groups -OCH3 is 3. The molecule has 1 N–H and O–H groups in total. The zero-order chi connectivity index (χ0) is 19.7. The zero-order valence-corrected chi connectivity index (χ0v) is 16.2. The number of fused-ring (bicyclic) bond motifs is 3. The van der Waals surface area contributed by atoms with Crippen molar-refractivity contribution in [2.24, 2.45) is 5.92 Å². The normalized spacial score (nSPS) is 15.8. The number of hydrogen-bond donors (Lipinski definition) is 1. The minimum atomic E-state index is -0.136. The Morgan fingerprint density at radius 1 is 1.11 bits per heavy atom. The van der Waals surface area contributed by atoms with Crippen LogP contribution < -0.4 is 19.5 Å². The van der Waals surface area contributed by atoms with Crippen molar-refractivity contribution in [1.82, 2.24) is 9.55 Å². The SMILES string of the molecule is COc1cc(NC(=O)[C@H]2CCn3c(nc4ccccc43)C2)cc(OC)c1OC. The van der Waals surface area contributed by atoms with Crippen molar-refractivity contribution in [2.45, 2.75) is 19.4 Å². The Balaban J connectivity index is 1.54. The van der Waals surface area contributed by atoms with Crippen LogP contribution in [0.2, 0.25) is 0 Å². The number of ether oxygens (including phenoxy) is 3. The van der Waals surface area contributed by atoms with Gasteiger partial charge in [0.2, 0.25) is 11.7 Å². The molecule has 1 atom stereocenters. The molecule has 1 aliphatic heterocycles. The highest BCUT2D eigenvalue weighted by Gasteiger charge is 2.27. The molecule has 2 heterocycles. The van der Waals surface area contributed by atoms with Crippen LogP contribution in [-0.4, -0.2) is 36.8 Å². The number of carbonyl (C=O) groups is 1. The summed E-state index contributed by atoms with van der Waals surface area (Å²) in [6, 6.07) is 11.5. The summed E-state index contributed by atoms with van der Waals surface area (Å²) in [5.41, 5.74) is 2.71. The maximum atomic E-state index is 12.9. The fourth-order valence-electron chi connectivity index (χ4n) is 3.76. The molecule has 0 spiro atoms. The van der Waals surface area contributed by atoms with E-state index in [-0.39, 0.29) is 11.8 Å². The van der Waals surface area contributed by atoms with Crippen LogP contribution in [0.4, 0.5) is 5.69 Å². The first-order valence-electron chi connectivity index (χ1n) is 9.19. The van der Waals surface area contributed by atoms with Crippen molar-refractivity contribution < 1.29 is 19.0 Å². The summed E-state index contributed by atoms with van der Waals surface area (Å²) < 4.78 is 18.2. The van der Waals surface area contributed by atoms with Crippen LogP contribution in [0.25, 0.3) is 11.0 Å². The summed E-state index contributed by atoms with van der Waals surface area (Å²) >= 11 is 0. The monoisotopic (exact) mass is 381 g/mol. The standard InChI is InChI=1S/C21H23N3O4/c1-26-17-11-14(12-18(27-2)20(17)28-3)22-21(25)13-8-9-24-16-7-5-4-6-15(16)23-19(24)10-13/h4-7,11-13H,8-10H2,1-3H3,(H,22,25)/t13-/m0/s1. The number of imidazole rings is 1. The molecule has 0 aliphatic carbocycles. The van der Waals surface area contributed by atoms with Gasteiger partial charge in [0.25, 0.3) is 0 Å². The van der Waals surface area contributed by atoms with Gasteiger partial charge in [-0.05, 0) is 18.6 Å². The first kappa shape index (κ1) is 18.2. The van der Waals surface area contributed by atoms with Crippen LogP contribution in [0.3, 0.4) is 0 Å². The number of nitrogens with one attached hydrogen (secondary N) is 1. The number of amides is 1. The maximum Gasteiger partial charge on any atom is 0.228 e. The molecule has 2 aromatic carbocycles. The Morgan fingerprint density at radius 2 is 1.82 bits per heavy atom. The number of para-hydroxylation sites is 2. The molecule has 7 heteroatoms. The quantitative estimate of drug-likeness (QED) is 0.734. The molecule has 0 radical (unpaired) electrons. The third-order valence-corrected chi connectivity index (χ3v) is 5.17. The van der Waals surface area contributed by atoms with Crippen LogP contribution in [0.1, 0.15) is 12.2 Å². The topological polar surface area (TPSA) is 74.6 Å². The highest BCUT2D eigenvalue weighted by molar-refractivity contribution is 5.93. The van der Waals surface area contributed by atoms with Crippen LogP contribution in [0.15, 0.2) is 36.4 Å². The lowest BCUT2D eigenvalue weighted by molar-refractivity contribution is -0.120. The Labute approximate surface area is 163 Å². The minimum absolute atomic E-state index is 0.0346. The molecule has 0 unspecified atom stereocenters. The van der Waals surface area contributed by atoms with Crippen molar-refractivity contribution in [3.63, 3.8) is 0 Å². The molecule has 0 bridgehead atoms. The third kappa shape index (κ3) is 3.13. The molecule has 0 fully saturated rings. The summed E-state index contributed by atoms with van der Waals surface area (Å²) in [4.78, 5) is 17.6. The molecule has 4 rings (SSSR count). The van der Waals surface area contributed by atoms with E-state index in [0.29, 0.717) is 29.4 Å². The second-order valence-corrected chi connectivity index (χ2v) is 6.76. The summed E-state index contributed by atoms with van der Waals surface area (Å²) in [5, 5.41) is 2.99. The highest BCUT2D eigenvalue weighted by Crippen LogP contribution is 2.40. The summed E-state index contributed by atoms with van der Waals surface area (Å²) in [6.07, 6.45) is 1.38. The first-order chi connectivity index (χ1) is 13.6. The molecule has 1 aliphatic rings. The largest absolute Gasteiger partial charge is 0.493 e. The number of anilines is 1. The fraction of sp³-hybridized carbons (Fsp3) is 0.333. The lowest BCUT2D eigenvalue weighted by Gasteiger charge is -2.23. The molecule has 0 saturated heterocycles. The van der Waals surface area contributed by atoms with Gasteiger partial charge in [0.15, 0.2) is 11.5 Å². The molecule has 146 valence electrons. The highest BCUT2D eigenvalue weighted by atomic mass is 16.5. The van der Waals surface area contributed by atoms with Crippen LogP contribution in [-0.2, 0) is 17.8 Å². The van der Waals surface area contributed by atoms with E-state index in [0.717, 1.165) is 29.8 Å². The van der Waals surface area contributed by atoms with E-state index in [2.05, 4.69) is 16.0 Å². The molecule has 1 amide bonds. The van der Waals surface area contributed by atoms with Gasteiger partial charge in [-0.1, -0.05) is 12.1 Å². The summed E-state index contributed by atoms with van der Waals surface area (Å²) in [6.45, 7) is 0.781. The van der Waals surface area contributed by atoms with Crippen molar-refractivity contribution in [3.8, 4) is 17.2 Å². The molecule has 28 heavy (non-hydrogen) atoms. The summed E-state index contributed by atoms with van der Waals surface area (Å²) in [5.74, 6) is 2.29. The van der Waals surface area contributed by atoms with Gasteiger partial charge in [0.1, 0.15) is 5.82 Å². The third-order valence-electron chi connectivity index (χ3n) is 5.17. The predicted octanol–water partition coefficient (Wildman–Crippen LogP) is 3.26. The maximum absolute atomic E-state index is 12.9. The van der Waals surface area contributed by atoms with E-state index < -0.39 is 0 Å². The van der Waals surface area contributed by atoms with Crippen LogP contribution in [0, 0.1) is 5.92 Å². The zero-order valence-electron chi connectivity index (χ0n) is 16.2. The Morgan fingerprint density at radius 3 is 2.50 bits per heavy atom. The van der Waals surface area contributed by atoms with Gasteiger partial charge in [-0.25, -0.2) is 4.98 Å². The second-order valence-electron chi connectivity index (χ2n) is 6.76. The van der Waals surface area contributed by atoms with Gasteiger partial charge in [-0.3, -0.25) is 4.79 Å². The van der Waals surface area contributed by atoms with Crippen LogP contribution >= 0.6 is 0 Å². The molecule has 0 saturated carbocycles. The van der Waals surface area contributed by atoms with Crippen molar-refractivity contribution >= 4 is 22.6 Å². The number of aryl methyl sites for hydroxylation is 1. The number of carbonyl (C=O) groups excluding carboxylic acids is 1. The number of nitrogens with zero attached hydrogens (tertiary/aromatic N) is 2. The van der Waals surface area contributed by atoms with Gasteiger partial charge in [-0.15, -0.1) is 0 Å². The second kappa shape index (κ2) is 7.42. The number of aromatic nitrogens is 2. The predicted molar refractivity (Wildman–Crippen MR) is 106 cm³/mol. The van der Waals surface area contributed by atoms with Gasteiger partial charge >= 0.3 is 0 Å². The lowest BCUT2D eigenvalue weighted by atomic mass is 9.96. The fourth-order valence-corrected chi connectivity index (χ4v) is 3.76. The summed E-state index contributed by atoms with van der Waals surface area (Å²) in [7, 11) is 4.65. The van der Waals surface area contributed by atoms with E-state index in [4.69, 9.17) is 19.2 Å². The van der Waals surface area contributed by atoms with Gasteiger partial charge < -0.3 is 24.1 Å². The average molecular weight is 381 g/mol. The smallest absolute Gasteiger partial charge is 0.228 e. The lowest BCUT2D eigenvalue weighted by Crippen LogP contribution is -2.30. The minimum Gasteiger partial charge on any atom is -0.493 e. The molecular formula is C21H23N3O4. The van der Waals surface area contributed by atoms with E-state index >= 15 is 0 Å². The molecule has 7 nitrogen and oxygen atoms in total. The average Bonchev–Trinajstić information content (AvgIpc) is 3.10. The van der Waals surface area contributed by atoms with E-state index in [1.165, 1.54) is 0 Å².